The van der Waals surface area contributed by atoms with Crippen LogP contribution >= 0.6 is 11.6 Å². The zero-order valence-electron chi connectivity index (χ0n) is 11.2. The van der Waals surface area contributed by atoms with Crippen LogP contribution in [0.3, 0.4) is 0 Å². The Morgan fingerprint density at radius 2 is 2.14 bits per heavy atom. The van der Waals surface area contributed by atoms with Gasteiger partial charge in [-0.25, -0.2) is 0 Å². The van der Waals surface area contributed by atoms with Crippen LogP contribution in [0.5, 0.6) is 0 Å². The quantitative estimate of drug-likeness (QED) is 0.811. The van der Waals surface area contributed by atoms with Gasteiger partial charge in [0.25, 0.3) is 0 Å². The molecule has 0 aliphatic heterocycles. The largest absolute Gasteiger partial charge is 0.481 e. The van der Waals surface area contributed by atoms with Crippen LogP contribution in [0.4, 0.5) is 0 Å². The number of hydrogen-bond acceptors (Lipinski definition) is 2. The van der Waals surface area contributed by atoms with Crippen molar-refractivity contribution in [3.63, 3.8) is 0 Å². The van der Waals surface area contributed by atoms with Gasteiger partial charge in [0.1, 0.15) is 0 Å². The number of aromatic amines is 1. The summed E-state index contributed by atoms with van der Waals surface area (Å²) in [4.78, 5) is 25.8. The molecule has 0 atom stereocenters. The minimum Gasteiger partial charge on any atom is -0.481 e. The Bertz CT molecular complexity index is 704. The first-order valence-electron chi connectivity index (χ1n) is 6.80. The molecular weight excluding hydrogens is 292 g/mol. The third-order valence-electron chi connectivity index (χ3n) is 3.93. The molecule has 1 fully saturated rings. The van der Waals surface area contributed by atoms with Gasteiger partial charge in [0, 0.05) is 28.2 Å². The molecule has 0 bridgehead atoms. The summed E-state index contributed by atoms with van der Waals surface area (Å²) in [5.41, 5.74) is 1.83. The number of amides is 1. The van der Waals surface area contributed by atoms with Crippen molar-refractivity contribution in [2.24, 2.45) is 5.92 Å². The number of nitrogens with one attached hydrogen (secondary N) is 2. The van der Waals surface area contributed by atoms with Gasteiger partial charge in [0.05, 0.1) is 12.3 Å². The number of hydrogen-bond donors (Lipinski definition) is 3. The maximum Gasteiger partial charge on any atom is 0.306 e. The second-order valence-electron chi connectivity index (χ2n) is 5.45. The van der Waals surface area contributed by atoms with Crippen molar-refractivity contribution in [1.29, 1.82) is 0 Å². The monoisotopic (exact) mass is 306 g/mol. The molecule has 110 valence electrons. The van der Waals surface area contributed by atoms with Gasteiger partial charge in [0.15, 0.2) is 0 Å². The fourth-order valence-corrected chi connectivity index (χ4v) is 2.86. The van der Waals surface area contributed by atoms with Gasteiger partial charge in [-0.05, 0) is 36.6 Å². The van der Waals surface area contributed by atoms with Gasteiger partial charge < -0.3 is 15.4 Å². The van der Waals surface area contributed by atoms with Gasteiger partial charge in [-0.1, -0.05) is 11.6 Å². The highest BCUT2D eigenvalue weighted by Crippen LogP contribution is 2.28. The van der Waals surface area contributed by atoms with Crippen molar-refractivity contribution in [2.45, 2.75) is 25.3 Å². The Balaban J connectivity index is 1.62. The maximum atomic E-state index is 12.0. The lowest BCUT2D eigenvalue weighted by Gasteiger charge is -2.32. The third kappa shape index (κ3) is 2.88. The number of fused-ring (bicyclic) bond motifs is 1. The Kier molecular flexibility index (Phi) is 3.59. The predicted octanol–water partition coefficient (Wildman–Crippen LogP) is 2.34. The highest BCUT2D eigenvalue weighted by atomic mass is 35.5. The number of benzene rings is 1. The van der Waals surface area contributed by atoms with E-state index in [2.05, 4.69) is 10.3 Å². The number of aromatic nitrogens is 1. The molecule has 5 nitrogen and oxygen atoms in total. The van der Waals surface area contributed by atoms with Gasteiger partial charge >= 0.3 is 5.97 Å². The zero-order valence-corrected chi connectivity index (χ0v) is 12.0. The molecule has 0 saturated heterocycles. The van der Waals surface area contributed by atoms with E-state index in [1.165, 1.54) is 0 Å². The minimum absolute atomic E-state index is 0.0209. The summed E-state index contributed by atoms with van der Waals surface area (Å²) in [6.45, 7) is 0. The first kappa shape index (κ1) is 13.9. The molecule has 1 heterocycles. The number of carbonyl (C=O) groups excluding carboxylic acids is 1. The van der Waals surface area contributed by atoms with Gasteiger partial charge in [-0.3, -0.25) is 9.59 Å². The summed E-state index contributed by atoms with van der Waals surface area (Å²) < 4.78 is 0. The topological polar surface area (TPSA) is 82.2 Å². The predicted molar refractivity (Wildman–Crippen MR) is 79.3 cm³/mol. The minimum atomic E-state index is -0.785. The van der Waals surface area contributed by atoms with Crippen molar-refractivity contribution in [3.05, 3.63) is 35.0 Å². The Morgan fingerprint density at radius 3 is 2.86 bits per heavy atom. The molecule has 0 spiro atoms. The molecule has 21 heavy (non-hydrogen) atoms. The summed E-state index contributed by atoms with van der Waals surface area (Å²) in [5, 5.41) is 13.2. The SMILES string of the molecule is O=C(Cc1c[nH]c2ccc(Cl)cc12)NC1CC(C(=O)O)C1. The van der Waals surface area contributed by atoms with Gasteiger partial charge in [-0.15, -0.1) is 0 Å². The fourth-order valence-electron chi connectivity index (χ4n) is 2.69. The molecule has 1 amide bonds. The first-order chi connectivity index (χ1) is 10.0. The number of rotatable bonds is 4. The van der Waals surface area contributed by atoms with Crippen molar-refractivity contribution < 1.29 is 14.7 Å². The Morgan fingerprint density at radius 1 is 1.38 bits per heavy atom. The second-order valence-corrected chi connectivity index (χ2v) is 5.89. The molecule has 0 radical (unpaired) electrons. The van der Waals surface area contributed by atoms with E-state index in [1.54, 1.807) is 12.3 Å². The lowest BCUT2D eigenvalue weighted by Crippen LogP contribution is -2.47. The smallest absolute Gasteiger partial charge is 0.306 e. The van der Waals surface area contributed by atoms with Gasteiger partial charge in [0.2, 0.25) is 5.91 Å². The van der Waals surface area contributed by atoms with E-state index in [-0.39, 0.29) is 24.3 Å². The molecule has 2 aromatic rings. The van der Waals surface area contributed by atoms with E-state index >= 15 is 0 Å². The summed E-state index contributed by atoms with van der Waals surface area (Å²) >= 11 is 5.98. The first-order valence-corrected chi connectivity index (χ1v) is 7.18. The van der Waals surface area contributed by atoms with Crippen LogP contribution in [-0.2, 0) is 16.0 Å². The Hall–Kier alpha value is -2.01. The van der Waals surface area contributed by atoms with Crippen molar-refractivity contribution in [2.75, 3.05) is 0 Å². The third-order valence-corrected chi connectivity index (χ3v) is 4.17. The summed E-state index contributed by atoms with van der Waals surface area (Å²) in [7, 11) is 0. The molecule has 1 saturated carbocycles. The van der Waals surface area contributed by atoms with E-state index in [1.807, 2.05) is 12.1 Å². The van der Waals surface area contributed by atoms with Gasteiger partial charge in [-0.2, -0.15) is 0 Å². The van der Waals surface area contributed by atoms with Crippen LogP contribution in [0.2, 0.25) is 5.02 Å². The highest BCUT2D eigenvalue weighted by Gasteiger charge is 2.35. The standard InChI is InChI=1S/C15H15ClN2O3/c16-10-1-2-13-12(6-10)9(7-17-13)5-14(19)18-11-3-8(4-11)15(20)21/h1-2,6-8,11,17H,3-5H2,(H,18,19)(H,20,21). The van der Waals surface area contributed by atoms with Crippen LogP contribution in [-0.4, -0.2) is 28.0 Å². The molecule has 1 aliphatic carbocycles. The molecule has 6 heteroatoms. The lowest BCUT2D eigenvalue weighted by atomic mass is 9.80. The average molecular weight is 307 g/mol. The summed E-state index contributed by atoms with van der Waals surface area (Å²) in [6.07, 6.45) is 3.09. The number of carboxylic acid groups (broad SMARTS) is 1. The van der Waals surface area contributed by atoms with E-state index in [9.17, 15) is 9.59 Å². The average Bonchev–Trinajstić information content (AvgIpc) is 2.75. The van der Waals surface area contributed by atoms with Crippen molar-refractivity contribution in [3.8, 4) is 0 Å². The maximum absolute atomic E-state index is 12.0. The number of carbonyl (C=O) groups is 2. The van der Waals surface area contributed by atoms with Crippen LogP contribution in [0.15, 0.2) is 24.4 Å². The fraction of sp³-hybridized carbons (Fsp3) is 0.333. The lowest BCUT2D eigenvalue weighted by molar-refractivity contribution is -0.146. The molecule has 1 aliphatic rings. The highest BCUT2D eigenvalue weighted by molar-refractivity contribution is 6.31. The summed E-state index contributed by atoms with van der Waals surface area (Å²) in [5.74, 6) is -1.20. The van der Waals surface area contributed by atoms with Crippen LogP contribution in [0.25, 0.3) is 10.9 Å². The molecule has 3 N–H and O–H groups in total. The van der Waals surface area contributed by atoms with Crippen molar-refractivity contribution in [1.82, 2.24) is 10.3 Å². The number of H-pyrrole nitrogens is 1. The number of halogens is 1. The molecule has 3 rings (SSSR count). The molecular formula is C15H15ClN2O3. The van der Waals surface area contributed by atoms with E-state index in [4.69, 9.17) is 16.7 Å². The molecule has 1 aromatic heterocycles. The number of aliphatic carboxylic acids is 1. The zero-order chi connectivity index (χ0) is 15.0. The van der Waals surface area contributed by atoms with Crippen molar-refractivity contribution >= 4 is 34.4 Å². The molecule has 1 aromatic carbocycles. The van der Waals surface area contributed by atoms with Crippen LogP contribution in [0, 0.1) is 5.92 Å². The normalized spacial score (nSPS) is 21.0. The van der Waals surface area contributed by atoms with Crippen LogP contribution < -0.4 is 5.32 Å². The number of carboxylic acids is 1. The summed E-state index contributed by atoms with van der Waals surface area (Å²) in [6, 6.07) is 5.49. The van der Waals surface area contributed by atoms with Crippen LogP contribution in [0.1, 0.15) is 18.4 Å². The second kappa shape index (κ2) is 5.41. The molecule has 0 unspecified atom stereocenters. The Labute approximate surface area is 126 Å². The van der Waals surface area contributed by atoms with E-state index < -0.39 is 5.97 Å². The van der Waals surface area contributed by atoms with E-state index in [0.717, 1.165) is 16.5 Å². The van der Waals surface area contributed by atoms with E-state index in [0.29, 0.717) is 17.9 Å².